The number of ether oxygens (including phenoxy) is 1. The number of hydrogen-bond donors (Lipinski definition) is 2. The average molecular weight is 297 g/mol. The fourth-order valence-corrected chi connectivity index (χ4v) is 1.98. The molecule has 0 aliphatic heterocycles. The Kier molecular flexibility index (Phi) is 6.93. The normalized spacial score (nSPS) is 11.7. The predicted octanol–water partition coefficient (Wildman–Crippen LogP) is 2.43. The van der Waals surface area contributed by atoms with Gasteiger partial charge in [-0.15, -0.1) is 0 Å². The molecule has 0 saturated heterocycles. The highest BCUT2D eigenvalue weighted by Gasteiger charge is 2.19. The number of hydrogen-bond acceptors (Lipinski definition) is 4. The number of carboxylic acids is 1. The highest BCUT2D eigenvalue weighted by atomic mass is 32.2. The van der Waals surface area contributed by atoms with E-state index in [1.807, 2.05) is 37.4 Å². The lowest BCUT2D eigenvalue weighted by atomic mass is 10.2. The minimum Gasteiger partial charge on any atom is -0.480 e. The molecular weight excluding hydrogens is 278 g/mol. The molecule has 1 aromatic carbocycles. The highest BCUT2D eigenvalue weighted by molar-refractivity contribution is 7.98. The molecule has 1 rings (SSSR count). The van der Waals surface area contributed by atoms with Crippen LogP contribution in [-0.2, 0) is 16.1 Å². The van der Waals surface area contributed by atoms with Crippen molar-refractivity contribution < 1.29 is 19.4 Å². The fourth-order valence-electron chi connectivity index (χ4n) is 1.51. The Bertz CT molecular complexity index is 447. The molecule has 1 atom stereocenters. The fraction of sp³-hybridized carbons (Fsp3) is 0.429. The first-order valence-electron chi connectivity index (χ1n) is 6.23. The third kappa shape index (κ3) is 5.97. The molecule has 0 radical (unpaired) electrons. The van der Waals surface area contributed by atoms with Gasteiger partial charge in [-0.1, -0.05) is 29.8 Å². The van der Waals surface area contributed by atoms with Gasteiger partial charge in [0, 0.05) is 0 Å². The van der Waals surface area contributed by atoms with Gasteiger partial charge in [0.25, 0.3) is 0 Å². The summed E-state index contributed by atoms with van der Waals surface area (Å²) in [5.41, 5.74) is 1.99. The second-order valence-electron chi connectivity index (χ2n) is 4.38. The van der Waals surface area contributed by atoms with Crippen LogP contribution in [0.5, 0.6) is 0 Å². The van der Waals surface area contributed by atoms with Crippen LogP contribution in [0.1, 0.15) is 17.5 Å². The molecule has 0 aromatic heterocycles. The zero-order chi connectivity index (χ0) is 15.0. The third-order valence-electron chi connectivity index (χ3n) is 2.69. The monoisotopic (exact) mass is 297 g/mol. The average Bonchev–Trinajstić information content (AvgIpc) is 2.42. The Morgan fingerprint density at radius 2 is 2.00 bits per heavy atom. The maximum Gasteiger partial charge on any atom is 0.408 e. The number of carbonyl (C=O) groups excluding carboxylic acids is 1. The highest BCUT2D eigenvalue weighted by Crippen LogP contribution is 2.05. The van der Waals surface area contributed by atoms with Crippen molar-refractivity contribution >= 4 is 23.8 Å². The van der Waals surface area contributed by atoms with Crippen molar-refractivity contribution in [3.05, 3.63) is 35.4 Å². The van der Waals surface area contributed by atoms with Gasteiger partial charge >= 0.3 is 12.1 Å². The zero-order valence-corrected chi connectivity index (χ0v) is 12.4. The Balaban J connectivity index is 2.41. The van der Waals surface area contributed by atoms with Crippen molar-refractivity contribution in [2.45, 2.75) is 26.0 Å². The lowest BCUT2D eigenvalue weighted by Crippen LogP contribution is -2.41. The minimum atomic E-state index is -1.05. The molecule has 0 heterocycles. The van der Waals surface area contributed by atoms with E-state index in [9.17, 15) is 9.59 Å². The van der Waals surface area contributed by atoms with Gasteiger partial charge in [-0.05, 0) is 30.9 Å². The number of aliphatic carboxylic acids is 1. The number of aryl methyl sites for hydroxylation is 1. The van der Waals surface area contributed by atoms with E-state index in [2.05, 4.69) is 5.32 Å². The van der Waals surface area contributed by atoms with Gasteiger partial charge < -0.3 is 15.2 Å². The van der Waals surface area contributed by atoms with E-state index in [0.717, 1.165) is 11.1 Å². The number of carboxylic acid groups (broad SMARTS) is 1. The van der Waals surface area contributed by atoms with Crippen molar-refractivity contribution in [3.8, 4) is 0 Å². The summed E-state index contributed by atoms with van der Waals surface area (Å²) in [5, 5.41) is 11.3. The van der Waals surface area contributed by atoms with Crippen molar-refractivity contribution in [1.82, 2.24) is 5.32 Å². The Labute approximate surface area is 122 Å². The van der Waals surface area contributed by atoms with Crippen molar-refractivity contribution in [1.29, 1.82) is 0 Å². The van der Waals surface area contributed by atoms with Crippen LogP contribution in [0.25, 0.3) is 0 Å². The van der Waals surface area contributed by atoms with E-state index >= 15 is 0 Å². The summed E-state index contributed by atoms with van der Waals surface area (Å²) in [6.07, 6.45) is 1.55. The van der Waals surface area contributed by atoms with Crippen molar-refractivity contribution in [2.24, 2.45) is 0 Å². The summed E-state index contributed by atoms with van der Waals surface area (Å²) in [7, 11) is 0. The van der Waals surface area contributed by atoms with Crippen LogP contribution in [-0.4, -0.2) is 35.2 Å². The molecule has 110 valence electrons. The Morgan fingerprint density at radius 1 is 1.35 bits per heavy atom. The van der Waals surface area contributed by atoms with Gasteiger partial charge in [-0.2, -0.15) is 11.8 Å². The molecule has 1 amide bonds. The summed E-state index contributed by atoms with van der Waals surface area (Å²) < 4.78 is 5.01. The Hall–Kier alpha value is -1.69. The van der Waals surface area contributed by atoms with E-state index in [1.165, 1.54) is 11.8 Å². The summed E-state index contributed by atoms with van der Waals surface area (Å²) in [5.74, 6) is -0.388. The quantitative estimate of drug-likeness (QED) is 0.808. The lowest BCUT2D eigenvalue weighted by Gasteiger charge is -2.14. The Morgan fingerprint density at radius 3 is 2.55 bits per heavy atom. The number of rotatable bonds is 7. The van der Waals surface area contributed by atoms with Gasteiger partial charge in [0.1, 0.15) is 12.6 Å². The molecule has 0 aliphatic carbocycles. The van der Waals surface area contributed by atoms with E-state index in [-0.39, 0.29) is 6.61 Å². The van der Waals surface area contributed by atoms with Gasteiger partial charge in [0.2, 0.25) is 0 Å². The molecule has 6 heteroatoms. The van der Waals surface area contributed by atoms with Gasteiger partial charge in [-0.3, -0.25) is 0 Å². The van der Waals surface area contributed by atoms with Crippen LogP contribution in [0.4, 0.5) is 4.79 Å². The molecule has 2 N–H and O–H groups in total. The molecular formula is C14H19NO4S. The first kappa shape index (κ1) is 16.4. The summed E-state index contributed by atoms with van der Waals surface area (Å²) in [6, 6.07) is 6.67. The molecule has 0 unspecified atom stereocenters. The number of thioether (sulfide) groups is 1. The van der Waals surface area contributed by atoms with Crippen molar-refractivity contribution in [3.63, 3.8) is 0 Å². The third-order valence-corrected chi connectivity index (χ3v) is 3.34. The second-order valence-corrected chi connectivity index (χ2v) is 5.36. The topological polar surface area (TPSA) is 75.6 Å². The predicted molar refractivity (Wildman–Crippen MR) is 78.9 cm³/mol. The molecule has 1 aromatic rings. The van der Waals surface area contributed by atoms with Crippen molar-refractivity contribution in [2.75, 3.05) is 12.0 Å². The molecule has 0 saturated carbocycles. The van der Waals surface area contributed by atoms with Gasteiger partial charge in [-0.25, -0.2) is 9.59 Å². The number of benzene rings is 1. The number of alkyl carbamates (subject to hydrolysis) is 1. The van der Waals surface area contributed by atoms with Crippen LogP contribution in [0.2, 0.25) is 0 Å². The van der Waals surface area contributed by atoms with Crippen LogP contribution >= 0.6 is 11.8 Å². The lowest BCUT2D eigenvalue weighted by molar-refractivity contribution is -0.139. The van der Waals surface area contributed by atoms with Crippen LogP contribution in [0, 0.1) is 6.92 Å². The van der Waals surface area contributed by atoms with Gasteiger partial charge in [0.15, 0.2) is 0 Å². The first-order chi connectivity index (χ1) is 9.52. The van der Waals surface area contributed by atoms with Gasteiger partial charge in [0.05, 0.1) is 0 Å². The first-order valence-corrected chi connectivity index (χ1v) is 7.63. The van der Waals surface area contributed by atoms with E-state index < -0.39 is 18.1 Å². The SMILES string of the molecule is CSCC[C@H](NC(=O)OCc1ccc(C)cc1)C(=O)O. The number of carbonyl (C=O) groups is 2. The second kappa shape index (κ2) is 8.47. The molecule has 0 spiro atoms. The maximum atomic E-state index is 11.6. The number of amides is 1. The standard InChI is InChI=1S/C14H19NO4S/c1-10-3-5-11(6-4-10)9-19-14(18)15-12(13(16)17)7-8-20-2/h3-6,12H,7-9H2,1-2H3,(H,15,18)(H,16,17)/t12-/m0/s1. The molecule has 20 heavy (non-hydrogen) atoms. The minimum absolute atomic E-state index is 0.126. The molecule has 0 fully saturated rings. The van der Waals surface area contributed by atoms with Crippen LogP contribution in [0.3, 0.4) is 0 Å². The van der Waals surface area contributed by atoms with Crippen LogP contribution < -0.4 is 5.32 Å². The summed E-state index contributed by atoms with van der Waals surface area (Å²) in [6.45, 7) is 2.10. The smallest absolute Gasteiger partial charge is 0.408 e. The largest absolute Gasteiger partial charge is 0.480 e. The van der Waals surface area contributed by atoms with E-state index in [4.69, 9.17) is 9.84 Å². The number of nitrogens with one attached hydrogen (secondary N) is 1. The zero-order valence-electron chi connectivity index (χ0n) is 11.6. The molecule has 0 aliphatic rings. The molecule has 0 bridgehead atoms. The van der Waals surface area contributed by atoms with E-state index in [1.54, 1.807) is 0 Å². The summed E-state index contributed by atoms with van der Waals surface area (Å²) in [4.78, 5) is 22.5. The molecule has 5 nitrogen and oxygen atoms in total. The van der Waals surface area contributed by atoms with Crippen LogP contribution in [0.15, 0.2) is 24.3 Å². The van der Waals surface area contributed by atoms with E-state index in [0.29, 0.717) is 12.2 Å². The summed E-state index contributed by atoms with van der Waals surface area (Å²) >= 11 is 1.53. The maximum absolute atomic E-state index is 11.6.